The summed E-state index contributed by atoms with van der Waals surface area (Å²) in [6.45, 7) is 2.11. The van der Waals surface area contributed by atoms with Crippen LogP contribution in [0.5, 0.6) is 0 Å². The summed E-state index contributed by atoms with van der Waals surface area (Å²) in [6, 6.07) is 29.1. The number of nitrogens with one attached hydrogen (secondary N) is 1. The third-order valence-corrected chi connectivity index (χ3v) is 7.81. The average molecular weight is 323 g/mol. The summed E-state index contributed by atoms with van der Waals surface area (Å²) in [5.74, 6) is 0. The molecule has 0 atom stereocenters. The molecular weight excluding hydrogens is 305 g/mol. The van der Waals surface area contributed by atoms with Crippen LogP contribution in [-0.4, -0.2) is 0 Å². The second-order valence-corrected chi connectivity index (χ2v) is 9.33. The number of benzene rings is 3. The second-order valence-electron chi connectivity index (χ2n) is 5.21. The van der Waals surface area contributed by atoms with Crippen LogP contribution >= 0.6 is 6.19 Å². The van der Waals surface area contributed by atoms with E-state index in [0.29, 0.717) is 0 Å². The highest BCUT2D eigenvalue weighted by Crippen LogP contribution is 2.44. The fourth-order valence-corrected chi connectivity index (χ4v) is 5.78. The number of hydrogen-bond acceptors (Lipinski definition) is 1. The first-order valence-electron chi connectivity index (χ1n) is 7.25. The number of anilines is 1. The molecular formula is C19H18NPS. The van der Waals surface area contributed by atoms with Crippen molar-refractivity contribution >= 4 is 34.3 Å². The van der Waals surface area contributed by atoms with Crippen LogP contribution < -0.4 is 15.7 Å². The molecule has 0 aromatic heterocycles. The number of para-hydroxylation sites is 1. The lowest BCUT2D eigenvalue weighted by Gasteiger charge is -2.26. The van der Waals surface area contributed by atoms with Crippen LogP contribution in [0.15, 0.2) is 84.9 Å². The molecule has 0 aliphatic rings. The topological polar surface area (TPSA) is 12.0 Å². The summed E-state index contributed by atoms with van der Waals surface area (Å²) in [6.07, 6.45) is -2.09. The molecule has 0 aliphatic heterocycles. The fraction of sp³-hybridized carbons (Fsp3) is 0.0526. The van der Waals surface area contributed by atoms with E-state index in [1.807, 2.05) is 18.2 Å². The van der Waals surface area contributed by atoms with E-state index in [1.165, 1.54) is 16.2 Å². The van der Waals surface area contributed by atoms with Crippen LogP contribution in [0.1, 0.15) is 5.56 Å². The van der Waals surface area contributed by atoms with Gasteiger partial charge in [0.15, 0.2) is 0 Å². The van der Waals surface area contributed by atoms with Crippen molar-refractivity contribution in [3.05, 3.63) is 90.5 Å². The smallest absolute Gasteiger partial charge is 0.0903 e. The van der Waals surface area contributed by atoms with Gasteiger partial charge >= 0.3 is 0 Å². The summed E-state index contributed by atoms with van der Waals surface area (Å²) in [5.41, 5.74) is 2.32. The van der Waals surface area contributed by atoms with Gasteiger partial charge in [0.1, 0.15) is 0 Å². The fourth-order valence-electron chi connectivity index (χ4n) is 2.42. The summed E-state index contributed by atoms with van der Waals surface area (Å²) in [5, 5.41) is 6.04. The normalized spacial score (nSPS) is 11.1. The first kappa shape index (κ1) is 15.0. The minimum atomic E-state index is -2.09. The molecule has 0 bridgehead atoms. The summed E-state index contributed by atoms with van der Waals surface area (Å²) in [4.78, 5) is 0. The van der Waals surface area contributed by atoms with Gasteiger partial charge in [-0.2, -0.15) is 0 Å². The van der Waals surface area contributed by atoms with Crippen LogP contribution in [0.3, 0.4) is 0 Å². The summed E-state index contributed by atoms with van der Waals surface area (Å²) in [7, 11) is 0. The van der Waals surface area contributed by atoms with E-state index in [-0.39, 0.29) is 0 Å². The molecule has 1 nitrogen and oxygen atoms in total. The van der Waals surface area contributed by atoms with E-state index in [4.69, 9.17) is 11.8 Å². The van der Waals surface area contributed by atoms with Crippen molar-refractivity contribution in [3.63, 3.8) is 0 Å². The lowest BCUT2D eigenvalue weighted by molar-refractivity contribution is 1.47. The van der Waals surface area contributed by atoms with Crippen molar-refractivity contribution in [2.24, 2.45) is 0 Å². The molecule has 110 valence electrons. The third kappa shape index (κ3) is 2.99. The van der Waals surface area contributed by atoms with Gasteiger partial charge in [-0.15, -0.1) is 0 Å². The van der Waals surface area contributed by atoms with Crippen molar-refractivity contribution in [2.45, 2.75) is 6.92 Å². The molecule has 0 aliphatic carbocycles. The Morgan fingerprint density at radius 1 is 0.682 bits per heavy atom. The monoisotopic (exact) mass is 323 g/mol. The second kappa shape index (κ2) is 6.48. The maximum atomic E-state index is 6.18. The van der Waals surface area contributed by atoms with Crippen LogP contribution in [-0.2, 0) is 11.8 Å². The van der Waals surface area contributed by atoms with Gasteiger partial charge in [-0.1, -0.05) is 90.7 Å². The van der Waals surface area contributed by atoms with Crippen molar-refractivity contribution in [2.75, 3.05) is 5.09 Å². The molecule has 0 radical (unpaired) electrons. The standard InChI is InChI=1S/C19H18NPS/c1-16-10-8-9-15-19(16)20-21(22,17-11-4-2-5-12-17)18-13-6-3-7-14-18/h2-15H,1H3,(H,20,22). The Morgan fingerprint density at radius 3 is 1.64 bits per heavy atom. The highest BCUT2D eigenvalue weighted by atomic mass is 32.4. The van der Waals surface area contributed by atoms with Crippen molar-refractivity contribution in [1.82, 2.24) is 0 Å². The molecule has 0 saturated carbocycles. The highest BCUT2D eigenvalue weighted by Gasteiger charge is 2.22. The first-order valence-corrected chi connectivity index (χ1v) is 10.1. The van der Waals surface area contributed by atoms with Crippen molar-refractivity contribution in [3.8, 4) is 0 Å². The minimum Gasteiger partial charge on any atom is -0.351 e. The summed E-state index contributed by atoms with van der Waals surface area (Å²) >= 11 is 6.18. The SMILES string of the molecule is Cc1ccccc1NP(=S)(c1ccccc1)c1ccccc1. The molecule has 0 amide bonds. The van der Waals surface area contributed by atoms with E-state index in [1.54, 1.807) is 0 Å². The number of hydrogen-bond donors (Lipinski definition) is 1. The lowest BCUT2D eigenvalue weighted by Crippen LogP contribution is -2.21. The van der Waals surface area contributed by atoms with Crippen LogP contribution in [0.25, 0.3) is 0 Å². The van der Waals surface area contributed by atoms with E-state index >= 15 is 0 Å². The van der Waals surface area contributed by atoms with Gasteiger partial charge in [0, 0.05) is 16.3 Å². The Morgan fingerprint density at radius 2 is 1.14 bits per heavy atom. The Bertz CT molecular complexity index is 756. The zero-order valence-electron chi connectivity index (χ0n) is 12.4. The summed E-state index contributed by atoms with van der Waals surface area (Å²) < 4.78 is 0. The van der Waals surface area contributed by atoms with Gasteiger partial charge in [-0.25, -0.2) is 0 Å². The largest absolute Gasteiger partial charge is 0.351 e. The maximum absolute atomic E-state index is 6.18. The maximum Gasteiger partial charge on any atom is 0.0903 e. The Balaban J connectivity index is 2.13. The molecule has 0 saturated heterocycles. The Hall–Kier alpha value is -1.89. The molecule has 1 N–H and O–H groups in total. The number of rotatable bonds is 4. The average Bonchev–Trinajstić information content (AvgIpc) is 2.58. The minimum absolute atomic E-state index is 1.11. The molecule has 22 heavy (non-hydrogen) atoms. The molecule has 3 heteroatoms. The van der Waals surface area contributed by atoms with E-state index in [2.05, 4.69) is 78.7 Å². The Kier molecular flexibility index (Phi) is 4.42. The van der Waals surface area contributed by atoms with Crippen LogP contribution in [0.4, 0.5) is 5.69 Å². The highest BCUT2D eigenvalue weighted by molar-refractivity contribution is 8.22. The first-order chi connectivity index (χ1) is 10.7. The van der Waals surface area contributed by atoms with Gasteiger partial charge in [-0.3, -0.25) is 0 Å². The van der Waals surface area contributed by atoms with E-state index in [9.17, 15) is 0 Å². The molecule has 0 heterocycles. The zero-order chi connectivity index (χ0) is 15.4. The quantitative estimate of drug-likeness (QED) is 0.712. The van der Waals surface area contributed by atoms with Gasteiger partial charge in [-0.05, 0) is 18.6 Å². The van der Waals surface area contributed by atoms with Gasteiger partial charge < -0.3 is 5.09 Å². The molecule has 3 aromatic rings. The predicted octanol–water partition coefficient (Wildman–Crippen LogP) is 4.45. The number of aryl methyl sites for hydroxylation is 1. The molecule has 3 aromatic carbocycles. The van der Waals surface area contributed by atoms with Crippen molar-refractivity contribution in [1.29, 1.82) is 0 Å². The van der Waals surface area contributed by atoms with Crippen LogP contribution in [0, 0.1) is 6.92 Å². The van der Waals surface area contributed by atoms with Gasteiger partial charge in [0.2, 0.25) is 0 Å². The van der Waals surface area contributed by atoms with Crippen molar-refractivity contribution < 1.29 is 0 Å². The Labute approximate surface area is 137 Å². The molecule has 0 spiro atoms. The van der Waals surface area contributed by atoms with Gasteiger partial charge in [0.05, 0.1) is 6.19 Å². The van der Waals surface area contributed by atoms with Gasteiger partial charge in [0.25, 0.3) is 0 Å². The van der Waals surface area contributed by atoms with E-state index in [0.717, 1.165) is 5.69 Å². The third-order valence-electron chi connectivity index (χ3n) is 3.66. The van der Waals surface area contributed by atoms with Crippen LogP contribution in [0.2, 0.25) is 0 Å². The molecule has 3 rings (SSSR count). The lowest BCUT2D eigenvalue weighted by atomic mass is 10.2. The molecule has 0 fully saturated rings. The zero-order valence-corrected chi connectivity index (χ0v) is 14.1. The molecule has 0 unspecified atom stereocenters. The predicted molar refractivity (Wildman–Crippen MR) is 101 cm³/mol. The van der Waals surface area contributed by atoms with E-state index < -0.39 is 6.19 Å².